The first-order chi connectivity index (χ1) is 9.16. The summed E-state index contributed by atoms with van der Waals surface area (Å²) in [4.78, 5) is 1.21. The molecule has 114 valence electrons. The molecule has 1 aromatic heterocycles. The van der Waals surface area contributed by atoms with E-state index in [0.717, 1.165) is 11.3 Å². The van der Waals surface area contributed by atoms with Crippen LogP contribution >= 0.6 is 27.3 Å². The number of halogens is 4. The quantitative estimate of drug-likeness (QED) is 0.855. The van der Waals surface area contributed by atoms with Crippen molar-refractivity contribution in [2.75, 3.05) is 19.6 Å². The number of thiophene rings is 1. The van der Waals surface area contributed by atoms with Crippen LogP contribution in [0.2, 0.25) is 0 Å². The molecule has 1 N–H and O–H groups in total. The number of rotatable bonds is 4. The number of likely N-dealkylation sites (tertiary alicyclic amines) is 1. The molecule has 0 aliphatic carbocycles. The molecule has 1 fully saturated rings. The van der Waals surface area contributed by atoms with E-state index in [9.17, 15) is 21.6 Å². The Kier molecular flexibility index (Phi) is 4.80. The highest BCUT2D eigenvalue weighted by Gasteiger charge is 2.35. The molecule has 0 aromatic carbocycles. The number of nitrogens with zero attached hydrogens (tertiary/aromatic N) is 1. The zero-order valence-electron chi connectivity index (χ0n) is 10.2. The first kappa shape index (κ1) is 16.2. The highest BCUT2D eigenvalue weighted by Crippen LogP contribution is 2.27. The van der Waals surface area contributed by atoms with Crippen LogP contribution in [0.15, 0.2) is 20.1 Å². The predicted molar refractivity (Wildman–Crippen MR) is 73.2 cm³/mol. The monoisotopic (exact) mass is 392 g/mol. The van der Waals surface area contributed by atoms with Gasteiger partial charge in [-0.15, -0.1) is 11.3 Å². The van der Waals surface area contributed by atoms with Crippen LogP contribution in [-0.4, -0.2) is 45.2 Å². The Morgan fingerprint density at radius 2 is 2.15 bits per heavy atom. The van der Waals surface area contributed by atoms with Gasteiger partial charge in [-0.2, -0.15) is 13.2 Å². The number of hydrogen-bond acceptors (Lipinski definition) is 4. The molecule has 0 radical (unpaired) electrons. The van der Waals surface area contributed by atoms with Crippen molar-refractivity contribution in [1.82, 2.24) is 9.62 Å². The van der Waals surface area contributed by atoms with Crippen molar-refractivity contribution < 1.29 is 21.6 Å². The third-order valence-electron chi connectivity index (χ3n) is 2.81. The molecule has 2 heterocycles. The van der Waals surface area contributed by atoms with Crippen molar-refractivity contribution in [3.63, 3.8) is 0 Å². The Balaban J connectivity index is 1.95. The Morgan fingerprint density at radius 1 is 1.45 bits per heavy atom. The Bertz CT molecular complexity index is 573. The predicted octanol–water partition coefficient (Wildman–Crippen LogP) is 2.43. The molecule has 0 bridgehead atoms. The molecular weight excluding hydrogens is 381 g/mol. The Morgan fingerprint density at radius 3 is 2.70 bits per heavy atom. The van der Waals surface area contributed by atoms with Crippen LogP contribution in [0, 0.1) is 0 Å². The molecule has 4 nitrogen and oxygen atoms in total. The molecule has 10 heteroatoms. The zero-order valence-corrected chi connectivity index (χ0v) is 13.4. The molecule has 0 saturated carbocycles. The van der Waals surface area contributed by atoms with Gasteiger partial charge in [-0.05, 0) is 34.5 Å². The maximum Gasteiger partial charge on any atom is 0.401 e. The van der Waals surface area contributed by atoms with Gasteiger partial charge in [-0.1, -0.05) is 0 Å². The lowest BCUT2D eigenvalue weighted by Gasteiger charge is -2.18. The van der Waals surface area contributed by atoms with E-state index in [1.807, 2.05) is 0 Å². The summed E-state index contributed by atoms with van der Waals surface area (Å²) in [6.07, 6.45) is -3.88. The van der Waals surface area contributed by atoms with Crippen LogP contribution in [0.3, 0.4) is 0 Å². The summed E-state index contributed by atoms with van der Waals surface area (Å²) in [5.41, 5.74) is 0. The zero-order chi connectivity index (χ0) is 15.0. The fourth-order valence-corrected chi connectivity index (χ4v) is 5.33. The van der Waals surface area contributed by atoms with Crippen LogP contribution in [0.5, 0.6) is 0 Å². The second kappa shape index (κ2) is 5.91. The summed E-state index contributed by atoms with van der Waals surface area (Å²) < 4.78 is 64.1. The highest BCUT2D eigenvalue weighted by molar-refractivity contribution is 9.11. The third kappa shape index (κ3) is 4.42. The lowest BCUT2D eigenvalue weighted by atomic mass is 10.3. The van der Waals surface area contributed by atoms with E-state index in [1.165, 1.54) is 11.0 Å². The minimum absolute atomic E-state index is 0.0747. The van der Waals surface area contributed by atoms with Crippen molar-refractivity contribution in [2.45, 2.75) is 22.8 Å². The van der Waals surface area contributed by atoms with Crippen molar-refractivity contribution >= 4 is 37.3 Å². The number of hydrogen-bond donors (Lipinski definition) is 1. The van der Waals surface area contributed by atoms with E-state index in [4.69, 9.17) is 0 Å². The molecule has 1 aliphatic heterocycles. The number of nitrogens with one attached hydrogen (secondary N) is 1. The van der Waals surface area contributed by atoms with Gasteiger partial charge in [0.1, 0.15) is 4.21 Å². The lowest BCUT2D eigenvalue weighted by molar-refractivity contribution is -0.143. The highest BCUT2D eigenvalue weighted by atomic mass is 79.9. The molecule has 1 atom stereocenters. The standard InChI is InChI=1S/C10H12BrF3N2O2S2/c11-8-1-2-9(19-8)20(17,18)15-7-3-4-16(5-7)6-10(12,13)14/h1-2,7,15H,3-6H2. The molecule has 2 rings (SSSR count). The summed E-state index contributed by atoms with van der Waals surface area (Å²) in [5, 5.41) is 0. The molecule has 1 unspecified atom stereocenters. The molecule has 0 spiro atoms. The Labute approximate surface area is 127 Å². The number of alkyl halides is 3. The maximum absolute atomic E-state index is 12.3. The van der Waals surface area contributed by atoms with Crippen LogP contribution in [0.25, 0.3) is 0 Å². The number of sulfonamides is 1. The summed E-state index contributed by atoms with van der Waals surface area (Å²) in [5.74, 6) is 0. The normalized spacial score (nSPS) is 21.5. The van der Waals surface area contributed by atoms with Gasteiger partial charge < -0.3 is 0 Å². The van der Waals surface area contributed by atoms with E-state index < -0.39 is 28.8 Å². The first-order valence-corrected chi connectivity index (χ1v) is 8.82. The summed E-state index contributed by atoms with van der Waals surface area (Å²) in [6, 6.07) is 2.59. The molecule has 0 amide bonds. The van der Waals surface area contributed by atoms with Crippen molar-refractivity contribution in [1.29, 1.82) is 0 Å². The maximum atomic E-state index is 12.3. The molecular formula is C10H12BrF3N2O2S2. The minimum atomic E-state index is -4.26. The fraction of sp³-hybridized carbons (Fsp3) is 0.600. The SMILES string of the molecule is O=S(=O)(NC1CCN(CC(F)(F)F)C1)c1ccc(Br)s1. The summed E-state index contributed by atoms with van der Waals surface area (Å²) in [7, 11) is -3.66. The lowest BCUT2D eigenvalue weighted by Crippen LogP contribution is -2.38. The first-order valence-electron chi connectivity index (χ1n) is 5.72. The van der Waals surface area contributed by atoms with Gasteiger partial charge in [0, 0.05) is 19.1 Å². The second-order valence-electron chi connectivity index (χ2n) is 4.52. The average Bonchev–Trinajstić information content (AvgIpc) is 2.85. The van der Waals surface area contributed by atoms with E-state index >= 15 is 0 Å². The topological polar surface area (TPSA) is 49.4 Å². The largest absolute Gasteiger partial charge is 0.401 e. The smallest absolute Gasteiger partial charge is 0.293 e. The van der Waals surface area contributed by atoms with E-state index in [-0.39, 0.29) is 17.3 Å². The summed E-state index contributed by atoms with van der Waals surface area (Å²) >= 11 is 4.23. The van der Waals surface area contributed by atoms with Gasteiger partial charge in [-0.25, -0.2) is 13.1 Å². The van der Waals surface area contributed by atoms with Crippen molar-refractivity contribution in [2.24, 2.45) is 0 Å². The van der Waals surface area contributed by atoms with Gasteiger partial charge in [-0.3, -0.25) is 4.90 Å². The fourth-order valence-electron chi connectivity index (χ4n) is 2.05. The van der Waals surface area contributed by atoms with Crippen LogP contribution < -0.4 is 4.72 Å². The molecule has 20 heavy (non-hydrogen) atoms. The Hall–Kier alpha value is -0.160. The van der Waals surface area contributed by atoms with E-state index in [1.54, 1.807) is 6.07 Å². The van der Waals surface area contributed by atoms with Gasteiger partial charge in [0.05, 0.1) is 10.3 Å². The van der Waals surface area contributed by atoms with Crippen LogP contribution in [0.1, 0.15) is 6.42 Å². The third-order valence-corrected chi connectivity index (χ3v) is 6.45. The van der Waals surface area contributed by atoms with Gasteiger partial charge in [0.15, 0.2) is 0 Å². The molecule has 1 saturated heterocycles. The van der Waals surface area contributed by atoms with E-state index in [2.05, 4.69) is 20.7 Å². The van der Waals surface area contributed by atoms with Crippen molar-refractivity contribution in [3.8, 4) is 0 Å². The van der Waals surface area contributed by atoms with Crippen LogP contribution in [-0.2, 0) is 10.0 Å². The minimum Gasteiger partial charge on any atom is -0.293 e. The van der Waals surface area contributed by atoms with E-state index in [0.29, 0.717) is 10.2 Å². The van der Waals surface area contributed by atoms with Gasteiger partial charge in [0.25, 0.3) is 0 Å². The molecule has 1 aromatic rings. The second-order valence-corrected chi connectivity index (χ2v) is 8.92. The average molecular weight is 393 g/mol. The van der Waals surface area contributed by atoms with Gasteiger partial charge in [0.2, 0.25) is 10.0 Å². The van der Waals surface area contributed by atoms with Crippen molar-refractivity contribution in [3.05, 3.63) is 15.9 Å². The molecule has 1 aliphatic rings. The van der Waals surface area contributed by atoms with Gasteiger partial charge >= 0.3 is 6.18 Å². The summed E-state index contributed by atoms with van der Waals surface area (Å²) in [6.45, 7) is -0.693. The van der Waals surface area contributed by atoms with Crippen LogP contribution in [0.4, 0.5) is 13.2 Å².